The Morgan fingerprint density at radius 1 is 0.556 bits per heavy atom. The number of nitrogens with zero attached hydrogens (tertiary/aromatic N) is 2. The molecule has 2 nitrogen and oxygen atoms in total. The number of hydrogen-bond donors (Lipinski definition) is 0. The Kier molecular flexibility index (Phi) is 254. The van der Waals surface area contributed by atoms with Crippen molar-refractivity contribution in [2.24, 2.45) is 17.3 Å². The minimum atomic E-state index is -0.0224. The monoisotopic (exact) mass is 1780 g/mol. The van der Waals surface area contributed by atoms with Crippen LogP contribution < -0.4 is 0 Å². The summed E-state index contributed by atoms with van der Waals surface area (Å²) in [6.07, 6.45) is 2.31. The fourth-order valence-electron chi connectivity index (χ4n) is 2.95. The van der Waals surface area contributed by atoms with Crippen molar-refractivity contribution in [3.63, 3.8) is 0 Å². The Bertz CT molecular complexity index is 275. The standard InChI is InChI=1S/C17H32N2.17Y/c1-10-16(14(4)5)17(7,13-18(8)11-2)15(6)19(9)12-3;;;;;;;;;;;;;;;;;/h10-16H,8-9H2,1-7H3;;;;;;;;;;;;;;;;;/q-6;;;;;;;;;;;;;;;;;. The molecule has 0 amide bonds. The van der Waals surface area contributed by atoms with Gasteiger partial charge in [-0.1, -0.05) is 39.7 Å². The Hall–Kier alpha value is 18.7. The molecule has 167 valence electrons. The summed E-state index contributed by atoms with van der Waals surface area (Å²) in [4.78, 5) is 3.96. The predicted molar refractivity (Wildman–Crippen MR) is 84.5 cm³/mol. The van der Waals surface area contributed by atoms with Crippen LogP contribution in [0.15, 0.2) is 0 Å². The van der Waals surface area contributed by atoms with Gasteiger partial charge in [-0.15, -0.1) is 0 Å². The largest absolute Gasteiger partial charge is 0.765 e. The molecule has 0 heterocycles. The third-order valence-corrected chi connectivity index (χ3v) is 4.30. The molecule has 0 bridgehead atoms. The van der Waals surface area contributed by atoms with Crippen molar-refractivity contribution in [3.8, 4) is 0 Å². The quantitative estimate of drug-likeness (QED) is 0.314. The minimum Gasteiger partial charge on any atom is -0.765 e. The summed E-state index contributed by atoms with van der Waals surface area (Å²) < 4.78 is 0. The van der Waals surface area contributed by atoms with Gasteiger partial charge >= 0.3 is 0 Å². The fourth-order valence-corrected chi connectivity index (χ4v) is 2.95. The van der Waals surface area contributed by atoms with Crippen molar-refractivity contribution < 1.29 is 556 Å². The maximum atomic E-state index is 4.13. The molecule has 0 aliphatic rings. The van der Waals surface area contributed by atoms with Crippen LogP contribution in [0.3, 0.4) is 0 Å². The van der Waals surface area contributed by atoms with Crippen molar-refractivity contribution in [3.05, 3.63) is 40.2 Å². The molecule has 19 heteroatoms. The van der Waals surface area contributed by atoms with Crippen molar-refractivity contribution in [2.45, 2.75) is 54.5 Å². The van der Waals surface area contributed by atoms with E-state index in [0.717, 1.165) is 0 Å². The third kappa shape index (κ3) is 57.0. The molecule has 0 aromatic rings. The summed E-state index contributed by atoms with van der Waals surface area (Å²) >= 11 is 0. The molecular formula is C17H32N2Y17-6. The van der Waals surface area contributed by atoms with Crippen LogP contribution in [0.5, 0.6) is 0 Å². The molecule has 0 rings (SSSR count). The van der Waals surface area contributed by atoms with E-state index in [-0.39, 0.29) is 561 Å². The predicted octanol–water partition coefficient (Wildman–Crippen LogP) is 4.55. The Morgan fingerprint density at radius 3 is 1.00 bits per heavy atom. The summed E-state index contributed by atoms with van der Waals surface area (Å²) in [6.45, 7) is 21.5. The first kappa shape index (κ1) is 117. The number of rotatable bonds is 9. The molecule has 17 radical (unpaired) electrons. The second-order valence-electron chi connectivity index (χ2n) is 5.82. The Labute approximate surface area is 656 Å². The molecule has 0 aliphatic heterocycles. The van der Waals surface area contributed by atoms with E-state index in [4.69, 9.17) is 0 Å². The van der Waals surface area contributed by atoms with Crippen LogP contribution in [0.2, 0.25) is 0 Å². The van der Waals surface area contributed by atoms with Gasteiger partial charge in [-0.05, 0) is 0 Å². The summed E-state index contributed by atoms with van der Waals surface area (Å²) in [5, 5.41) is 0. The van der Waals surface area contributed by atoms with E-state index in [1.165, 1.54) is 0 Å². The van der Waals surface area contributed by atoms with E-state index in [1.54, 1.807) is 0 Å². The Balaban J connectivity index is -0.0000000119. The average molecular weight is 1780 g/mol. The van der Waals surface area contributed by atoms with Crippen molar-refractivity contribution in [1.29, 1.82) is 0 Å². The molecule has 0 N–H and O–H groups in total. The van der Waals surface area contributed by atoms with E-state index in [9.17, 15) is 0 Å². The molecule has 0 saturated carbocycles. The van der Waals surface area contributed by atoms with Crippen LogP contribution in [0.1, 0.15) is 48.5 Å². The van der Waals surface area contributed by atoms with E-state index < -0.39 is 0 Å². The first-order chi connectivity index (χ1) is 8.74. The molecule has 0 aromatic heterocycles. The minimum absolute atomic E-state index is 0. The van der Waals surface area contributed by atoms with Gasteiger partial charge in [-0.25, -0.2) is 0 Å². The zero-order valence-electron chi connectivity index (χ0n) is 23.7. The van der Waals surface area contributed by atoms with Gasteiger partial charge in [0.2, 0.25) is 0 Å². The zero-order valence-corrected chi connectivity index (χ0v) is 71.9. The maximum absolute atomic E-state index is 4.13. The summed E-state index contributed by atoms with van der Waals surface area (Å²) in [5.41, 5.74) is -0.0224. The molecule has 3 atom stereocenters. The fraction of sp³-hybridized carbons (Fsp3) is 0.647. The second-order valence-corrected chi connectivity index (χ2v) is 5.82. The average Bonchev–Trinajstić information content (AvgIpc) is 2.36. The summed E-state index contributed by atoms with van der Waals surface area (Å²) in [5.74, 6) is 1.04. The molecule has 36 heavy (non-hydrogen) atoms. The summed E-state index contributed by atoms with van der Waals surface area (Å²) in [7, 11) is 8.17. The van der Waals surface area contributed by atoms with Crippen molar-refractivity contribution in [2.75, 3.05) is 0 Å². The van der Waals surface area contributed by atoms with E-state index in [2.05, 4.69) is 61.7 Å². The van der Waals surface area contributed by atoms with Crippen LogP contribution in [0, 0.1) is 57.4 Å². The molecule has 0 fully saturated rings. The van der Waals surface area contributed by atoms with E-state index >= 15 is 0 Å². The normalized spacial score (nSPS) is 10.0. The third-order valence-electron chi connectivity index (χ3n) is 4.30. The molecule has 0 spiro atoms. The smallest absolute Gasteiger partial charge is 0 e. The first-order valence-corrected chi connectivity index (χ1v) is 7.16. The van der Waals surface area contributed by atoms with Gasteiger partial charge in [0.25, 0.3) is 0 Å². The SMILES string of the molecule is [CH2-]N([CH-]C)[CH-]C(C)(C([CH-]C)C(C)C)C(C)N([CH2-])[CH-]C.[Y].[Y].[Y].[Y].[Y].[Y].[Y].[Y].[Y].[Y].[Y].[Y].[Y].[Y].[Y].[Y].[Y]. The maximum Gasteiger partial charge on any atom is 0 e. The van der Waals surface area contributed by atoms with Crippen molar-refractivity contribution in [1.82, 2.24) is 9.80 Å². The first-order valence-electron chi connectivity index (χ1n) is 7.16. The van der Waals surface area contributed by atoms with Gasteiger partial charge in [-0.2, -0.15) is 32.1 Å². The van der Waals surface area contributed by atoms with Crippen molar-refractivity contribution >= 4 is 0 Å². The van der Waals surface area contributed by atoms with Crippen LogP contribution in [-0.4, -0.2) is 15.8 Å². The van der Waals surface area contributed by atoms with Crippen LogP contribution in [0.4, 0.5) is 0 Å². The molecule has 0 saturated heterocycles. The Morgan fingerprint density at radius 2 is 0.833 bits per heavy atom. The van der Waals surface area contributed by atoms with Gasteiger partial charge in [0.1, 0.15) is 0 Å². The second kappa shape index (κ2) is 78.1. The summed E-state index contributed by atoms with van der Waals surface area (Å²) in [6, 6.07) is 0.297. The number of hydrogen-bond acceptors (Lipinski definition) is 2. The van der Waals surface area contributed by atoms with Gasteiger partial charge in [0.15, 0.2) is 0 Å². The van der Waals surface area contributed by atoms with Gasteiger partial charge < -0.3 is 50.0 Å². The van der Waals surface area contributed by atoms with Crippen LogP contribution in [0.25, 0.3) is 0 Å². The van der Waals surface area contributed by atoms with Gasteiger partial charge in [0, 0.05) is 556 Å². The van der Waals surface area contributed by atoms with Crippen LogP contribution >= 0.6 is 0 Å². The van der Waals surface area contributed by atoms with Gasteiger partial charge in [0.05, 0.1) is 0 Å². The topological polar surface area (TPSA) is 6.48 Å². The molecule has 3 unspecified atom stereocenters. The zero-order chi connectivity index (χ0) is 15.2. The molecular weight excluding hydrogens is 1740 g/mol. The molecule has 0 aromatic carbocycles. The van der Waals surface area contributed by atoms with E-state index in [1.807, 2.05) is 36.7 Å². The van der Waals surface area contributed by atoms with Crippen LogP contribution in [-0.2, 0) is 556 Å². The van der Waals surface area contributed by atoms with Gasteiger partial charge in [-0.3, -0.25) is 0 Å². The molecule has 0 aliphatic carbocycles. The van der Waals surface area contributed by atoms with E-state index in [0.29, 0.717) is 17.9 Å².